The fourth-order valence-electron chi connectivity index (χ4n) is 3.96. The van der Waals surface area contributed by atoms with Gasteiger partial charge in [0, 0.05) is 53.3 Å². The van der Waals surface area contributed by atoms with E-state index in [-0.39, 0.29) is 18.0 Å². The van der Waals surface area contributed by atoms with Crippen LogP contribution in [0, 0.1) is 6.92 Å². The van der Waals surface area contributed by atoms with Gasteiger partial charge in [-0.25, -0.2) is 9.59 Å². The lowest BCUT2D eigenvalue weighted by atomic mass is 10.1. The Bertz CT molecular complexity index is 1340. The molecule has 0 radical (unpaired) electrons. The van der Waals surface area contributed by atoms with Crippen LogP contribution in [-0.4, -0.2) is 71.3 Å². The number of para-hydroxylation sites is 1. The maximum atomic E-state index is 12.4. The highest BCUT2D eigenvalue weighted by Gasteiger charge is 2.38. The number of urea groups is 1. The normalized spacial score (nSPS) is 15.3. The van der Waals surface area contributed by atoms with E-state index in [0.29, 0.717) is 12.1 Å². The van der Waals surface area contributed by atoms with Crippen molar-refractivity contribution in [3.05, 3.63) is 70.3 Å². The molecule has 2 aromatic carbocycles. The van der Waals surface area contributed by atoms with Crippen molar-refractivity contribution in [2.75, 3.05) is 31.5 Å². The molecule has 1 aromatic heterocycles. The van der Waals surface area contributed by atoms with Gasteiger partial charge >= 0.3 is 18.2 Å². The molecule has 1 aliphatic rings. The fourth-order valence-corrected chi connectivity index (χ4v) is 4.36. The van der Waals surface area contributed by atoms with Gasteiger partial charge < -0.3 is 21.1 Å². The molecule has 1 fully saturated rings. The first-order chi connectivity index (χ1) is 18.4. The van der Waals surface area contributed by atoms with Crippen LogP contribution in [0.5, 0.6) is 0 Å². The first-order valence-corrected chi connectivity index (χ1v) is 12.7. The van der Waals surface area contributed by atoms with Crippen molar-refractivity contribution in [1.29, 1.82) is 0 Å². The standard InChI is InChI=1S/C24H26BrN5O2.C2HF3O2/c1-16-13-22(20-7-2-3-8-21(20)27-16)29-24(32)26-10-12-30-11-9-19(15-30)28-23(31)17-5-4-6-18(25)14-17;3-2(4,5)1(6)7/h2-8,13-14,19H,9-12,15H2,1H3,(H,28,31)(H2,26,27,29,32);(H,6,7). The molecule has 1 atom stereocenters. The molecule has 13 heteroatoms. The smallest absolute Gasteiger partial charge is 0.475 e. The average Bonchev–Trinajstić information content (AvgIpc) is 3.30. The van der Waals surface area contributed by atoms with Crippen molar-refractivity contribution in [3.8, 4) is 0 Å². The lowest BCUT2D eigenvalue weighted by Gasteiger charge is -2.17. The predicted octanol–water partition coefficient (Wildman–Crippen LogP) is 4.56. The van der Waals surface area contributed by atoms with Gasteiger partial charge in [0.2, 0.25) is 0 Å². The summed E-state index contributed by atoms with van der Waals surface area (Å²) in [5, 5.41) is 17.0. The van der Waals surface area contributed by atoms with E-state index in [4.69, 9.17) is 9.90 Å². The average molecular weight is 610 g/mol. The SMILES string of the molecule is Cc1cc(NC(=O)NCCN2CCC(NC(=O)c3cccc(Br)c3)C2)c2ccccc2n1.O=C(O)C(F)(F)F. The number of aryl methyl sites for hydroxylation is 1. The van der Waals surface area contributed by atoms with Crippen LogP contribution in [-0.2, 0) is 4.79 Å². The minimum Gasteiger partial charge on any atom is -0.475 e. The van der Waals surface area contributed by atoms with E-state index in [1.807, 2.05) is 61.5 Å². The van der Waals surface area contributed by atoms with E-state index in [1.54, 1.807) is 0 Å². The Labute approximate surface area is 230 Å². The second-order valence-corrected chi connectivity index (χ2v) is 9.70. The summed E-state index contributed by atoms with van der Waals surface area (Å²) >= 11 is 3.40. The first-order valence-electron chi connectivity index (χ1n) is 11.9. The number of carboxylic acid groups (broad SMARTS) is 1. The third-order valence-corrected chi connectivity index (χ3v) is 6.24. The number of carbonyl (C=O) groups is 3. The van der Waals surface area contributed by atoms with Crippen molar-refractivity contribution < 1.29 is 32.7 Å². The molecule has 9 nitrogen and oxygen atoms in total. The topological polar surface area (TPSA) is 124 Å². The van der Waals surface area contributed by atoms with Crippen LogP contribution in [0.2, 0.25) is 0 Å². The number of amides is 3. The number of aromatic nitrogens is 1. The number of aliphatic carboxylic acids is 1. The molecule has 1 aliphatic heterocycles. The maximum absolute atomic E-state index is 12.4. The van der Waals surface area contributed by atoms with Gasteiger partial charge in [0.05, 0.1) is 11.2 Å². The highest BCUT2D eigenvalue weighted by Crippen LogP contribution is 2.22. The zero-order valence-electron chi connectivity index (χ0n) is 20.9. The summed E-state index contributed by atoms with van der Waals surface area (Å²) in [6, 6.07) is 16.9. The molecule has 208 valence electrons. The minimum atomic E-state index is -5.08. The van der Waals surface area contributed by atoms with E-state index in [1.165, 1.54) is 0 Å². The van der Waals surface area contributed by atoms with Gasteiger partial charge in [0.25, 0.3) is 5.91 Å². The van der Waals surface area contributed by atoms with E-state index in [2.05, 4.69) is 41.8 Å². The number of pyridine rings is 1. The number of fused-ring (bicyclic) bond motifs is 1. The van der Waals surface area contributed by atoms with E-state index >= 15 is 0 Å². The van der Waals surface area contributed by atoms with Gasteiger partial charge in [-0.2, -0.15) is 13.2 Å². The second kappa shape index (κ2) is 13.4. The Hall–Kier alpha value is -3.71. The Morgan fingerprint density at radius 1 is 1.13 bits per heavy atom. The summed E-state index contributed by atoms with van der Waals surface area (Å²) in [5.41, 5.74) is 3.11. The van der Waals surface area contributed by atoms with Gasteiger partial charge in [0.1, 0.15) is 0 Å². The van der Waals surface area contributed by atoms with Gasteiger partial charge in [-0.15, -0.1) is 0 Å². The number of rotatable bonds is 6. The molecule has 1 saturated heterocycles. The molecular weight excluding hydrogens is 583 g/mol. The molecule has 3 amide bonds. The fraction of sp³-hybridized carbons (Fsp3) is 0.308. The molecule has 0 saturated carbocycles. The van der Waals surface area contributed by atoms with Crippen LogP contribution in [0.4, 0.5) is 23.7 Å². The van der Waals surface area contributed by atoms with Crippen molar-refractivity contribution in [1.82, 2.24) is 20.5 Å². The van der Waals surface area contributed by atoms with E-state index in [9.17, 15) is 22.8 Å². The second-order valence-electron chi connectivity index (χ2n) is 8.78. The first kappa shape index (κ1) is 29.8. The molecule has 0 spiro atoms. The molecule has 2 heterocycles. The summed E-state index contributed by atoms with van der Waals surface area (Å²) in [4.78, 5) is 40.5. The van der Waals surface area contributed by atoms with Crippen LogP contribution < -0.4 is 16.0 Å². The summed E-state index contributed by atoms with van der Waals surface area (Å²) in [5.74, 6) is -2.82. The largest absolute Gasteiger partial charge is 0.490 e. The summed E-state index contributed by atoms with van der Waals surface area (Å²) < 4.78 is 32.6. The van der Waals surface area contributed by atoms with Gasteiger partial charge in [-0.3, -0.25) is 14.7 Å². The van der Waals surface area contributed by atoms with Crippen LogP contribution in [0.1, 0.15) is 22.5 Å². The highest BCUT2D eigenvalue weighted by molar-refractivity contribution is 9.10. The van der Waals surface area contributed by atoms with Crippen LogP contribution in [0.15, 0.2) is 59.1 Å². The van der Waals surface area contributed by atoms with Crippen molar-refractivity contribution in [2.24, 2.45) is 0 Å². The summed E-state index contributed by atoms with van der Waals surface area (Å²) in [6.07, 6.45) is -4.19. The summed E-state index contributed by atoms with van der Waals surface area (Å²) in [7, 11) is 0. The van der Waals surface area contributed by atoms with Crippen LogP contribution in [0.3, 0.4) is 0 Å². The number of hydrogen-bond acceptors (Lipinski definition) is 5. The number of alkyl halides is 3. The molecule has 4 rings (SSSR count). The van der Waals surface area contributed by atoms with Gasteiger partial charge in [-0.05, 0) is 43.7 Å². The number of nitrogens with one attached hydrogen (secondary N) is 3. The highest BCUT2D eigenvalue weighted by atomic mass is 79.9. The number of benzene rings is 2. The number of anilines is 1. The lowest BCUT2D eigenvalue weighted by Crippen LogP contribution is -2.39. The molecule has 4 N–H and O–H groups in total. The minimum absolute atomic E-state index is 0.0597. The number of halogens is 4. The zero-order chi connectivity index (χ0) is 28.6. The van der Waals surface area contributed by atoms with Crippen molar-refractivity contribution >= 4 is 50.4 Å². The predicted molar refractivity (Wildman–Crippen MR) is 144 cm³/mol. The third kappa shape index (κ3) is 9.21. The number of nitrogens with zero attached hydrogens (tertiary/aromatic N) is 2. The van der Waals surface area contributed by atoms with Gasteiger partial charge in [-0.1, -0.05) is 40.2 Å². The Morgan fingerprint density at radius 3 is 2.54 bits per heavy atom. The number of hydrogen-bond donors (Lipinski definition) is 4. The number of likely N-dealkylation sites (tertiary alicyclic amines) is 1. The zero-order valence-corrected chi connectivity index (χ0v) is 22.5. The molecule has 39 heavy (non-hydrogen) atoms. The van der Waals surface area contributed by atoms with E-state index in [0.717, 1.165) is 52.8 Å². The molecule has 1 unspecified atom stereocenters. The molecular formula is C26H27BrF3N5O4. The lowest BCUT2D eigenvalue weighted by molar-refractivity contribution is -0.192. The third-order valence-electron chi connectivity index (χ3n) is 5.74. The Balaban J connectivity index is 0.000000532. The molecule has 3 aromatic rings. The van der Waals surface area contributed by atoms with Gasteiger partial charge in [0.15, 0.2) is 0 Å². The van der Waals surface area contributed by atoms with Crippen LogP contribution in [0.25, 0.3) is 10.9 Å². The number of carboxylic acids is 1. The quantitative estimate of drug-likeness (QED) is 0.325. The van der Waals surface area contributed by atoms with Crippen molar-refractivity contribution in [3.63, 3.8) is 0 Å². The molecule has 0 bridgehead atoms. The monoisotopic (exact) mass is 609 g/mol. The van der Waals surface area contributed by atoms with Crippen molar-refractivity contribution in [2.45, 2.75) is 25.6 Å². The van der Waals surface area contributed by atoms with Crippen LogP contribution >= 0.6 is 15.9 Å². The Morgan fingerprint density at radius 2 is 1.85 bits per heavy atom. The molecule has 0 aliphatic carbocycles. The number of carbonyl (C=O) groups excluding carboxylic acids is 2. The maximum Gasteiger partial charge on any atom is 0.490 e. The van der Waals surface area contributed by atoms with E-state index < -0.39 is 12.1 Å². The Kier molecular flexibility index (Phi) is 10.2. The summed E-state index contributed by atoms with van der Waals surface area (Å²) in [6.45, 7) is 4.83.